The van der Waals surface area contributed by atoms with Crippen LogP contribution in [0.5, 0.6) is 0 Å². The topological polar surface area (TPSA) is 81.5 Å². The molecule has 3 aromatic rings. The fourth-order valence-corrected chi connectivity index (χ4v) is 3.16. The van der Waals surface area contributed by atoms with Gasteiger partial charge in [-0.2, -0.15) is 10.4 Å². The fraction of sp³-hybridized carbons (Fsp3) is 0.333. The molecule has 0 atom stereocenters. The highest BCUT2D eigenvalue weighted by atomic mass is 19.1. The Morgan fingerprint density at radius 3 is 2.84 bits per heavy atom. The highest BCUT2D eigenvalue weighted by Gasteiger charge is 2.30. The number of nitrogens with zero attached hydrogens (tertiary/aromatic N) is 5. The predicted octanol–water partition coefficient (Wildman–Crippen LogP) is 3.29. The van der Waals surface area contributed by atoms with Crippen molar-refractivity contribution in [2.75, 3.05) is 18.0 Å². The molecule has 1 aliphatic rings. The highest BCUT2D eigenvalue weighted by Crippen LogP contribution is 2.33. The van der Waals surface area contributed by atoms with E-state index in [0.717, 1.165) is 31.3 Å². The number of aromatic amines is 1. The Labute approximate surface area is 144 Å². The van der Waals surface area contributed by atoms with Gasteiger partial charge in [0.25, 0.3) is 0 Å². The average molecular weight is 336 g/mol. The van der Waals surface area contributed by atoms with Crippen LogP contribution in [0, 0.1) is 22.6 Å². The number of nitriles is 1. The lowest BCUT2D eigenvalue weighted by Crippen LogP contribution is -2.38. The first-order chi connectivity index (χ1) is 12.1. The van der Waals surface area contributed by atoms with Crippen LogP contribution in [0.4, 0.5) is 10.2 Å². The molecular weight excluding hydrogens is 319 g/mol. The average Bonchev–Trinajstić information content (AvgIpc) is 3.07. The van der Waals surface area contributed by atoms with Gasteiger partial charge in [0.05, 0.1) is 17.2 Å². The minimum atomic E-state index is -0.406. The maximum Gasteiger partial charge on any atom is 0.181 e. The standard InChI is InChI=1S/C18H17FN6/c1-18(11-20)6-9-25(10-7-18)14-5-4-13(19)16(22-14)15-12-3-2-8-21-17(12)24-23-15/h2-5,8H,6-7,9-10H2,1H3,(H,21,23,24). The van der Waals surface area contributed by atoms with Crippen LogP contribution in [-0.4, -0.2) is 33.3 Å². The van der Waals surface area contributed by atoms with Crippen molar-refractivity contribution in [3.8, 4) is 17.5 Å². The largest absolute Gasteiger partial charge is 0.356 e. The zero-order valence-corrected chi connectivity index (χ0v) is 13.8. The first-order valence-corrected chi connectivity index (χ1v) is 8.22. The summed E-state index contributed by atoms with van der Waals surface area (Å²) >= 11 is 0. The molecule has 0 aliphatic carbocycles. The van der Waals surface area contributed by atoms with E-state index in [1.807, 2.05) is 13.0 Å². The number of pyridine rings is 2. The minimum Gasteiger partial charge on any atom is -0.356 e. The third kappa shape index (κ3) is 2.70. The summed E-state index contributed by atoms with van der Waals surface area (Å²) in [7, 11) is 0. The van der Waals surface area contributed by atoms with E-state index in [2.05, 4.69) is 31.1 Å². The Hall–Kier alpha value is -3.01. The van der Waals surface area contributed by atoms with Gasteiger partial charge < -0.3 is 4.90 Å². The van der Waals surface area contributed by atoms with Gasteiger partial charge in [-0.25, -0.2) is 14.4 Å². The summed E-state index contributed by atoms with van der Waals surface area (Å²) in [5.74, 6) is 0.306. The zero-order chi connectivity index (χ0) is 17.4. The smallest absolute Gasteiger partial charge is 0.181 e. The second-order valence-corrected chi connectivity index (χ2v) is 6.63. The number of hydrogen-bond donors (Lipinski definition) is 1. The minimum absolute atomic E-state index is 0.238. The van der Waals surface area contributed by atoms with Crippen molar-refractivity contribution < 1.29 is 4.39 Å². The maximum atomic E-state index is 14.4. The Morgan fingerprint density at radius 1 is 1.28 bits per heavy atom. The van der Waals surface area contributed by atoms with Crippen LogP contribution in [0.2, 0.25) is 0 Å². The van der Waals surface area contributed by atoms with E-state index in [4.69, 9.17) is 0 Å². The Morgan fingerprint density at radius 2 is 2.08 bits per heavy atom. The maximum absolute atomic E-state index is 14.4. The van der Waals surface area contributed by atoms with Gasteiger partial charge in [0.15, 0.2) is 11.5 Å². The molecule has 0 radical (unpaired) electrons. The third-order valence-electron chi connectivity index (χ3n) is 4.86. The molecule has 0 amide bonds. The number of hydrogen-bond acceptors (Lipinski definition) is 5. The molecule has 1 fully saturated rings. The molecule has 6 nitrogen and oxygen atoms in total. The first kappa shape index (κ1) is 15.5. The van der Waals surface area contributed by atoms with E-state index in [0.29, 0.717) is 17.2 Å². The third-order valence-corrected chi connectivity index (χ3v) is 4.86. The molecule has 0 bridgehead atoms. The molecular formula is C18H17FN6. The van der Waals surface area contributed by atoms with E-state index in [1.165, 1.54) is 6.07 Å². The molecule has 0 unspecified atom stereocenters. The van der Waals surface area contributed by atoms with E-state index in [9.17, 15) is 9.65 Å². The van der Waals surface area contributed by atoms with Crippen molar-refractivity contribution in [2.45, 2.75) is 19.8 Å². The molecule has 0 spiro atoms. The number of anilines is 1. The number of fused-ring (bicyclic) bond motifs is 1. The Balaban J connectivity index is 1.69. The molecule has 1 N–H and O–H groups in total. The van der Waals surface area contributed by atoms with Crippen molar-refractivity contribution in [3.63, 3.8) is 0 Å². The van der Waals surface area contributed by atoms with Gasteiger partial charge in [-0.05, 0) is 44.0 Å². The van der Waals surface area contributed by atoms with E-state index in [-0.39, 0.29) is 11.1 Å². The number of piperidine rings is 1. The molecule has 4 rings (SSSR count). The highest BCUT2D eigenvalue weighted by molar-refractivity contribution is 5.89. The number of rotatable bonds is 2. The lowest BCUT2D eigenvalue weighted by molar-refractivity contribution is 0.336. The molecule has 25 heavy (non-hydrogen) atoms. The van der Waals surface area contributed by atoms with Crippen LogP contribution < -0.4 is 4.90 Å². The molecule has 126 valence electrons. The summed E-state index contributed by atoms with van der Waals surface area (Å²) in [6.07, 6.45) is 3.19. The van der Waals surface area contributed by atoms with Crippen LogP contribution in [0.3, 0.4) is 0 Å². The summed E-state index contributed by atoms with van der Waals surface area (Å²) in [5.41, 5.74) is 1.01. The van der Waals surface area contributed by atoms with Crippen LogP contribution in [0.25, 0.3) is 22.4 Å². The van der Waals surface area contributed by atoms with Crippen LogP contribution in [0.1, 0.15) is 19.8 Å². The lowest BCUT2D eigenvalue weighted by Gasteiger charge is -2.35. The molecule has 1 saturated heterocycles. The Kier molecular flexibility index (Phi) is 3.61. The van der Waals surface area contributed by atoms with Crippen LogP contribution in [0.15, 0.2) is 30.5 Å². The van der Waals surface area contributed by atoms with Gasteiger partial charge >= 0.3 is 0 Å². The van der Waals surface area contributed by atoms with E-state index in [1.54, 1.807) is 18.3 Å². The molecule has 3 aromatic heterocycles. The quantitative estimate of drug-likeness (QED) is 0.776. The summed E-state index contributed by atoms with van der Waals surface area (Å²) in [6, 6.07) is 9.13. The summed E-state index contributed by atoms with van der Waals surface area (Å²) in [4.78, 5) is 10.8. The number of H-pyrrole nitrogens is 1. The molecule has 4 heterocycles. The van der Waals surface area contributed by atoms with Crippen molar-refractivity contribution in [1.82, 2.24) is 20.2 Å². The first-order valence-electron chi connectivity index (χ1n) is 8.22. The lowest BCUT2D eigenvalue weighted by atomic mass is 9.82. The van der Waals surface area contributed by atoms with Gasteiger partial charge in [0, 0.05) is 24.7 Å². The second-order valence-electron chi connectivity index (χ2n) is 6.63. The monoisotopic (exact) mass is 336 g/mol. The van der Waals surface area contributed by atoms with Gasteiger partial charge in [-0.3, -0.25) is 5.10 Å². The van der Waals surface area contributed by atoms with Crippen molar-refractivity contribution in [2.24, 2.45) is 5.41 Å². The Bertz CT molecular complexity index is 965. The second kappa shape index (κ2) is 5.81. The molecule has 7 heteroatoms. The normalized spacial score (nSPS) is 16.8. The van der Waals surface area contributed by atoms with Gasteiger partial charge in [-0.15, -0.1) is 0 Å². The summed E-state index contributed by atoms with van der Waals surface area (Å²) in [5, 5.41) is 17.0. The van der Waals surface area contributed by atoms with Gasteiger partial charge in [0.1, 0.15) is 11.5 Å². The van der Waals surface area contributed by atoms with Crippen LogP contribution in [-0.2, 0) is 0 Å². The predicted molar refractivity (Wildman–Crippen MR) is 92.2 cm³/mol. The van der Waals surface area contributed by atoms with Crippen molar-refractivity contribution >= 4 is 16.9 Å². The number of halogens is 1. The number of aromatic nitrogens is 4. The van der Waals surface area contributed by atoms with Gasteiger partial charge in [-0.1, -0.05) is 0 Å². The molecule has 0 aromatic carbocycles. The van der Waals surface area contributed by atoms with Crippen molar-refractivity contribution in [1.29, 1.82) is 5.26 Å². The fourth-order valence-electron chi connectivity index (χ4n) is 3.16. The van der Waals surface area contributed by atoms with E-state index >= 15 is 0 Å². The molecule has 0 saturated carbocycles. The zero-order valence-electron chi connectivity index (χ0n) is 13.8. The van der Waals surface area contributed by atoms with Gasteiger partial charge in [0.2, 0.25) is 0 Å². The SMILES string of the molecule is CC1(C#N)CCN(c2ccc(F)c(-c3[nH]nc4ncccc34)n2)CC1. The number of nitrogens with one attached hydrogen (secondary N) is 1. The van der Waals surface area contributed by atoms with Crippen LogP contribution >= 0.6 is 0 Å². The summed E-state index contributed by atoms with van der Waals surface area (Å²) in [6.45, 7) is 3.44. The molecule has 1 aliphatic heterocycles. The van der Waals surface area contributed by atoms with E-state index < -0.39 is 5.82 Å². The van der Waals surface area contributed by atoms with Crippen molar-refractivity contribution in [3.05, 3.63) is 36.3 Å². The summed E-state index contributed by atoms with van der Waals surface area (Å²) < 4.78 is 14.4.